The van der Waals surface area contributed by atoms with Crippen molar-refractivity contribution in [3.05, 3.63) is 84.9 Å². The number of fused-ring (bicyclic) bond motifs is 3. The molecule has 2 aromatic heterocycles. The highest BCUT2D eigenvalue weighted by Gasteiger charge is 2.27. The van der Waals surface area contributed by atoms with E-state index in [0.29, 0.717) is 0 Å². The highest BCUT2D eigenvalue weighted by atomic mass is 127. The lowest BCUT2D eigenvalue weighted by Crippen LogP contribution is -3.00. The number of para-hydroxylation sites is 2. The Kier molecular flexibility index (Phi) is 5.32. The van der Waals surface area contributed by atoms with Gasteiger partial charge in [0.2, 0.25) is 5.82 Å². The zero-order chi connectivity index (χ0) is 18.2. The van der Waals surface area contributed by atoms with E-state index in [9.17, 15) is 0 Å². The first-order valence-corrected chi connectivity index (χ1v) is 9.97. The third kappa shape index (κ3) is 3.06. The quantitative estimate of drug-likeness (QED) is 0.216. The molecular formula is C22H17IN4S. The topological polar surface area (TPSA) is 34.1 Å². The third-order valence-corrected chi connectivity index (χ3v) is 5.22. The Hall–Kier alpha value is -2.45. The highest BCUT2D eigenvalue weighted by molar-refractivity contribution is 7.98. The molecule has 0 saturated carbocycles. The van der Waals surface area contributed by atoms with E-state index in [0.717, 1.165) is 38.8 Å². The van der Waals surface area contributed by atoms with Gasteiger partial charge in [-0.3, -0.25) is 0 Å². The van der Waals surface area contributed by atoms with Crippen LogP contribution in [0.1, 0.15) is 0 Å². The van der Waals surface area contributed by atoms with Gasteiger partial charge in [0.15, 0.2) is 0 Å². The summed E-state index contributed by atoms with van der Waals surface area (Å²) in [7, 11) is 0. The molecule has 0 N–H and O–H groups in total. The average Bonchev–Trinajstić information content (AvgIpc) is 3.14. The average molecular weight is 496 g/mol. The van der Waals surface area contributed by atoms with Crippen LogP contribution in [0.25, 0.3) is 33.6 Å². The van der Waals surface area contributed by atoms with Crippen molar-refractivity contribution in [2.24, 2.45) is 0 Å². The lowest BCUT2D eigenvalue weighted by atomic mass is 10.2. The van der Waals surface area contributed by atoms with Crippen molar-refractivity contribution in [1.29, 1.82) is 0 Å². The summed E-state index contributed by atoms with van der Waals surface area (Å²) in [6, 6.07) is 28.8. The smallest absolute Gasteiger partial charge is 0.342 e. The van der Waals surface area contributed by atoms with Crippen molar-refractivity contribution < 1.29 is 28.5 Å². The van der Waals surface area contributed by atoms with Gasteiger partial charge in [0.25, 0.3) is 5.65 Å². The fraction of sp³-hybridized carbons (Fsp3) is 0.0455. The minimum absolute atomic E-state index is 0. The third-order valence-electron chi connectivity index (χ3n) is 4.59. The van der Waals surface area contributed by atoms with Crippen LogP contribution in [0.2, 0.25) is 0 Å². The normalized spacial score (nSPS) is 10.9. The Bertz CT molecular complexity index is 1250. The number of rotatable bonds is 3. The van der Waals surface area contributed by atoms with E-state index in [-0.39, 0.29) is 24.0 Å². The van der Waals surface area contributed by atoms with E-state index in [1.807, 2.05) is 40.9 Å². The molecule has 0 saturated heterocycles. The van der Waals surface area contributed by atoms with Crippen LogP contribution in [-0.2, 0) is 0 Å². The van der Waals surface area contributed by atoms with Gasteiger partial charge in [0.05, 0.1) is 16.0 Å². The van der Waals surface area contributed by atoms with E-state index >= 15 is 0 Å². The number of hydrogen-bond donors (Lipinski definition) is 0. The SMILES string of the molecule is CSc1nn2c(-c3ccccc3)nc3ccccc3c2[n+]1-c1ccccc1.[I-]. The van der Waals surface area contributed by atoms with E-state index in [1.165, 1.54) is 0 Å². The van der Waals surface area contributed by atoms with Crippen LogP contribution in [0.4, 0.5) is 0 Å². The number of nitrogens with zero attached hydrogens (tertiary/aromatic N) is 4. The Balaban J connectivity index is 0.00000192. The Morgan fingerprint density at radius 1 is 0.821 bits per heavy atom. The molecule has 0 spiro atoms. The van der Waals surface area contributed by atoms with Crippen LogP contribution in [0.5, 0.6) is 0 Å². The van der Waals surface area contributed by atoms with Crippen LogP contribution >= 0.6 is 11.8 Å². The second-order valence-corrected chi connectivity index (χ2v) is 6.99. The molecule has 2 heterocycles. The number of hydrogen-bond acceptors (Lipinski definition) is 3. The van der Waals surface area contributed by atoms with Gasteiger partial charge in [0.1, 0.15) is 5.69 Å². The molecular weight excluding hydrogens is 479 g/mol. The molecule has 138 valence electrons. The maximum absolute atomic E-state index is 4.93. The van der Waals surface area contributed by atoms with E-state index in [2.05, 4.69) is 59.4 Å². The Labute approximate surface area is 184 Å². The fourth-order valence-electron chi connectivity index (χ4n) is 3.38. The van der Waals surface area contributed by atoms with Crippen molar-refractivity contribution in [1.82, 2.24) is 14.6 Å². The predicted molar refractivity (Wildman–Crippen MR) is 109 cm³/mol. The van der Waals surface area contributed by atoms with Crippen molar-refractivity contribution in [2.45, 2.75) is 5.16 Å². The molecule has 0 unspecified atom stereocenters. The Morgan fingerprint density at radius 2 is 1.46 bits per heavy atom. The molecule has 0 aliphatic carbocycles. The van der Waals surface area contributed by atoms with Crippen molar-refractivity contribution in [2.75, 3.05) is 6.26 Å². The minimum Gasteiger partial charge on any atom is -1.00 e. The maximum Gasteiger partial charge on any atom is 0.342 e. The van der Waals surface area contributed by atoms with Crippen LogP contribution in [-0.4, -0.2) is 20.9 Å². The second-order valence-electron chi connectivity index (χ2n) is 6.21. The first-order chi connectivity index (χ1) is 13.4. The van der Waals surface area contributed by atoms with E-state index in [4.69, 9.17) is 10.1 Å². The fourth-order valence-corrected chi connectivity index (χ4v) is 3.92. The summed E-state index contributed by atoms with van der Waals surface area (Å²) in [6.45, 7) is 0. The molecule has 0 amide bonds. The van der Waals surface area contributed by atoms with Crippen molar-refractivity contribution in [3.8, 4) is 17.1 Å². The van der Waals surface area contributed by atoms with E-state index in [1.54, 1.807) is 11.8 Å². The number of halogens is 1. The molecule has 0 atom stereocenters. The van der Waals surface area contributed by atoms with Crippen molar-refractivity contribution >= 4 is 28.3 Å². The molecule has 4 nitrogen and oxygen atoms in total. The van der Waals surface area contributed by atoms with Gasteiger partial charge in [-0.2, -0.15) is 4.57 Å². The molecule has 0 fully saturated rings. The lowest BCUT2D eigenvalue weighted by molar-refractivity contribution is -0.609. The predicted octanol–water partition coefficient (Wildman–Crippen LogP) is 1.55. The summed E-state index contributed by atoms with van der Waals surface area (Å²) in [5.41, 5.74) is 4.12. The summed E-state index contributed by atoms with van der Waals surface area (Å²) >= 11 is 1.63. The van der Waals surface area contributed by atoms with Crippen molar-refractivity contribution in [3.63, 3.8) is 0 Å². The number of aromatic nitrogens is 4. The van der Waals surface area contributed by atoms with Gasteiger partial charge < -0.3 is 24.0 Å². The molecule has 5 aromatic rings. The molecule has 3 aromatic carbocycles. The van der Waals surface area contributed by atoms with Gasteiger partial charge in [-0.1, -0.05) is 64.8 Å². The molecule has 0 aliphatic rings. The first-order valence-electron chi connectivity index (χ1n) is 8.75. The van der Waals surface area contributed by atoms with Crippen LogP contribution < -0.4 is 28.5 Å². The number of thioether (sulfide) groups is 1. The zero-order valence-corrected chi connectivity index (χ0v) is 18.1. The summed E-state index contributed by atoms with van der Waals surface area (Å²) < 4.78 is 4.18. The van der Waals surface area contributed by atoms with Gasteiger partial charge in [-0.05, 0) is 42.7 Å². The summed E-state index contributed by atoms with van der Waals surface area (Å²) in [5, 5.41) is 6.92. The second kappa shape index (κ2) is 7.89. The molecule has 0 bridgehead atoms. The summed E-state index contributed by atoms with van der Waals surface area (Å²) in [5.74, 6) is 0.842. The van der Waals surface area contributed by atoms with Gasteiger partial charge >= 0.3 is 5.16 Å². The monoisotopic (exact) mass is 496 g/mol. The van der Waals surface area contributed by atoms with Crippen LogP contribution in [0.3, 0.4) is 0 Å². The minimum atomic E-state index is 0. The zero-order valence-electron chi connectivity index (χ0n) is 15.2. The maximum atomic E-state index is 4.93. The molecule has 6 heteroatoms. The van der Waals surface area contributed by atoms with Crippen LogP contribution in [0.15, 0.2) is 90.1 Å². The highest BCUT2D eigenvalue weighted by Crippen LogP contribution is 2.26. The molecule has 0 aliphatic heterocycles. The molecule has 5 rings (SSSR count). The molecule has 0 radical (unpaired) electrons. The largest absolute Gasteiger partial charge is 1.00 e. The lowest BCUT2D eigenvalue weighted by Gasteiger charge is -2.04. The number of benzene rings is 3. The standard InChI is InChI=1S/C22H17N4S.HI/c1-27-22-24-26-20(16-10-4-2-5-11-16)23-19-15-9-8-14-18(19)21(26)25(22)17-12-6-3-7-13-17;/h2-15H,1H3;1H/q+1;/p-1. The summed E-state index contributed by atoms with van der Waals surface area (Å²) in [4.78, 5) is 4.93. The first kappa shape index (κ1) is 18.9. The van der Waals surface area contributed by atoms with Gasteiger partial charge in [0, 0.05) is 5.56 Å². The summed E-state index contributed by atoms with van der Waals surface area (Å²) in [6.07, 6.45) is 2.05. The Morgan fingerprint density at radius 3 is 2.18 bits per heavy atom. The molecule has 28 heavy (non-hydrogen) atoms. The van der Waals surface area contributed by atoms with Gasteiger partial charge in [-0.25, -0.2) is 4.98 Å². The van der Waals surface area contributed by atoms with Crippen LogP contribution in [0, 0.1) is 0 Å². The van der Waals surface area contributed by atoms with Gasteiger partial charge in [-0.15, -0.1) is 0 Å². The van der Waals surface area contributed by atoms with E-state index < -0.39 is 0 Å².